The van der Waals surface area contributed by atoms with E-state index in [0.717, 1.165) is 18.6 Å². The van der Waals surface area contributed by atoms with Gasteiger partial charge in [0.1, 0.15) is 18.1 Å². The minimum absolute atomic E-state index is 0.118. The molecule has 142 valence electrons. The second-order valence-electron chi connectivity index (χ2n) is 6.47. The number of nitrogens with zero attached hydrogens (tertiary/aromatic N) is 1. The fourth-order valence-corrected chi connectivity index (χ4v) is 2.74. The van der Waals surface area contributed by atoms with Crippen LogP contribution in [0.25, 0.3) is 0 Å². The van der Waals surface area contributed by atoms with Crippen LogP contribution in [0.2, 0.25) is 0 Å². The zero-order valence-corrected chi connectivity index (χ0v) is 15.7. The number of hydrogen-bond acceptors (Lipinski definition) is 4. The van der Waals surface area contributed by atoms with Crippen molar-refractivity contribution in [3.05, 3.63) is 53.6 Å². The molecule has 6 nitrogen and oxygen atoms in total. The van der Waals surface area contributed by atoms with Gasteiger partial charge in [-0.2, -0.15) is 0 Å². The number of benzene rings is 2. The lowest BCUT2D eigenvalue weighted by Gasteiger charge is -2.13. The highest BCUT2D eigenvalue weighted by molar-refractivity contribution is 6.05. The lowest BCUT2D eigenvalue weighted by molar-refractivity contribution is 0.0796. The Labute approximate surface area is 159 Å². The summed E-state index contributed by atoms with van der Waals surface area (Å²) in [5.74, 6) is 0.921. The maximum Gasteiger partial charge on any atom is 0.257 e. The van der Waals surface area contributed by atoms with Gasteiger partial charge in [-0.05, 0) is 48.9 Å². The molecule has 0 spiro atoms. The Morgan fingerprint density at radius 1 is 1.22 bits per heavy atom. The van der Waals surface area contributed by atoms with Gasteiger partial charge in [0.15, 0.2) is 0 Å². The van der Waals surface area contributed by atoms with Gasteiger partial charge in [0.2, 0.25) is 0 Å². The Hall–Kier alpha value is -3.02. The molecule has 0 saturated carbocycles. The van der Waals surface area contributed by atoms with E-state index in [4.69, 9.17) is 9.47 Å². The van der Waals surface area contributed by atoms with Gasteiger partial charge in [-0.15, -0.1) is 0 Å². The van der Waals surface area contributed by atoms with Crippen molar-refractivity contribution in [2.45, 2.75) is 19.8 Å². The predicted octanol–water partition coefficient (Wildman–Crippen LogP) is 3.58. The van der Waals surface area contributed by atoms with Crippen molar-refractivity contribution < 1.29 is 19.1 Å². The number of ether oxygens (including phenoxy) is 2. The number of rotatable bonds is 6. The summed E-state index contributed by atoms with van der Waals surface area (Å²) in [5, 5.41) is 2.83. The van der Waals surface area contributed by atoms with Crippen molar-refractivity contribution in [2.75, 3.05) is 32.1 Å². The Morgan fingerprint density at radius 3 is 2.74 bits per heavy atom. The van der Waals surface area contributed by atoms with Crippen LogP contribution in [0.1, 0.15) is 40.5 Å². The number of carbonyl (C=O) groups excluding carboxylic acids is 2. The quantitative estimate of drug-likeness (QED) is 0.792. The first kappa shape index (κ1) is 18.8. The van der Waals surface area contributed by atoms with Crippen LogP contribution in [0.3, 0.4) is 0 Å². The molecule has 2 aromatic rings. The van der Waals surface area contributed by atoms with Crippen molar-refractivity contribution in [3.8, 4) is 11.5 Å². The molecule has 0 aliphatic carbocycles. The molecule has 0 fully saturated rings. The molecule has 2 aromatic carbocycles. The lowest BCUT2D eigenvalue weighted by atomic mass is 10.1. The van der Waals surface area contributed by atoms with Gasteiger partial charge >= 0.3 is 0 Å². The Kier molecular flexibility index (Phi) is 5.96. The van der Waals surface area contributed by atoms with E-state index in [2.05, 4.69) is 12.2 Å². The van der Waals surface area contributed by atoms with E-state index in [1.807, 2.05) is 0 Å². The normalized spacial score (nSPS) is 13.4. The molecule has 0 atom stereocenters. The zero-order chi connectivity index (χ0) is 19.2. The lowest BCUT2D eigenvalue weighted by Crippen LogP contribution is -2.27. The van der Waals surface area contributed by atoms with Gasteiger partial charge in [-0.3, -0.25) is 9.59 Å². The molecule has 1 heterocycles. The van der Waals surface area contributed by atoms with Crippen molar-refractivity contribution in [2.24, 2.45) is 0 Å². The SMILES string of the molecule is CCCCOc1ccc(C(=O)Nc2ccc3c(c2)C(=O)N(C)CCO3)cc1. The summed E-state index contributed by atoms with van der Waals surface area (Å²) in [6.07, 6.45) is 2.07. The van der Waals surface area contributed by atoms with E-state index < -0.39 is 0 Å². The second kappa shape index (κ2) is 8.58. The number of anilines is 1. The molecule has 1 aliphatic heterocycles. The van der Waals surface area contributed by atoms with E-state index in [0.29, 0.717) is 42.3 Å². The van der Waals surface area contributed by atoms with E-state index in [1.165, 1.54) is 0 Å². The molecule has 0 aromatic heterocycles. The number of carbonyl (C=O) groups is 2. The maximum atomic E-state index is 12.5. The predicted molar refractivity (Wildman–Crippen MR) is 104 cm³/mol. The topological polar surface area (TPSA) is 67.9 Å². The van der Waals surface area contributed by atoms with Crippen LogP contribution in [-0.2, 0) is 0 Å². The summed E-state index contributed by atoms with van der Waals surface area (Å²) in [6.45, 7) is 3.76. The van der Waals surface area contributed by atoms with Crippen LogP contribution < -0.4 is 14.8 Å². The number of likely N-dealkylation sites (N-methyl/N-ethyl adjacent to an activating group) is 1. The van der Waals surface area contributed by atoms with Crippen LogP contribution >= 0.6 is 0 Å². The molecular formula is C21H24N2O4. The van der Waals surface area contributed by atoms with Gasteiger partial charge in [0.25, 0.3) is 11.8 Å². The number of hydrogen-bond donors (Lipinski definition) is 1. The monoisotopic (exact) mass is 368 g/mol. The smallest absolute Gasteiger partial charge is 0.257 e. The van der Waals surface area contributed by atoms with E-state index in [-0.39, 0.29) is 11.8 Å². The second-order valence-corrected chi connectivity index (χ2v) is 6.47. The van der Waals surface area contributed by atoms with Crippen LogP contribution in [0, 0.1) is 0 Å². The third kappa shape index (κ3) is 4.58. The summed E-state index contributed by atoms with van der Waals surface area (Å²) >= 11 is 0. The largest absolute Gasteiger partial charge is 0.494 e. The van der Waals surface area contributed by atoms with E-state index >= 15 is 0 Å². The average Bonchev–Trinajstić information content (AvgIpc) is 2.81. The first-order valence-corrected chi connectivity index (χ1v) is 9.15. The van der Waals surface area contributed by atoms with Crippen molar-refractivity contribution in [1.29, 1.82) is 0 Å². The summed E-state index contributed by atoms with van der Waals surface area (Å²) in [5.41, 5.74) is 1.52. The third-order valence-electron chi connectivity index (χ3n) is 4.38. The van der Waals surface area contributed by atoms with Crippen LogP contribution in [-0.4, -0.2) is 43.5 Å². The summed E-state index contributed by atoms with van der Waals surface area (Å²) in [7, 11) is 1.73. The summed E-state index contributed by atoms with van der Waals surface area (Å²) in [6, 6.07) is 12.1. The van der Waals surface area contributed by atoms with Crippen molar-refractivity contribution in [3.63, 3.8) is 0 Å². The fourth-order valence-electron chi connectivity index (χ4n) is 2.74. The van der Waals surface area contributed by atoms with E-state index in [1.54, 1.807) is 54.4 Å². The molecule has 2 amide bonds. The van der Waals surface area contributed by atoms with Crippen molar-refractivity contribution in [1.82, 2.24) is 4.90 Å². The minimum Gasteiger partial charge on any atom is -0.494 e. The van der Waals surface area contributed by atoms with Gasteiger partial charge in [-0.1, -0.05) is 13.3 Å². The Bertz CT molecular complexity index is 817. The number of nitrogens with one attached hydrogen (secondary N) is 1. The van der Waals surface area contributed by atoms with Crippen LogP contribution in [0.15, 0.2) is 42.5 Å². The molecular weight excluding hydrogens is 344 g/mol. The Morgan fingerprint density at radius 2 is 2.00 bits per heavy atom. The molecule has 1 aliphatic rings. The molecule has 0 unspecified atom stereocenters. The highest BCUT2D eigenvalue weighted by Gasteiger charge is 2.21. The van der Waals surface area contributed by atoms with Gasteiger partial charge < -0.3 is 19.7 Å². The molecule has 1 N–H and O–H groups in total. The van der Waals surface area contributed by atoms with E-state index in [9.17, 15) is 9.59 Å². The minimum atomic E-state index is -0.245. The van der Waals surface area contributed by atoms with Crippen molar-refractivity contribution >= 4 is 17.5 Å². The summed E-state index contributed by atoms with van der Waals surface area (Å²) in [4.78, 5) is 26.5. The number of fused-ring (bicyclic) bond motifs is 1. The summed E-state index contributed by atoms with van der Waals surface area (Å²) < 4.78 is 11.2. The zero-order valence-electron chi connectivity index (χ0n) is 15.7. The molecule has 27 heavy (non-hydrogen) atoms. The van der Waals surface area contributed by atoms with Gasteiger partial charge in [0, 0.05) is 18.3 Å². The maximum absolute atomic E-state index is 12.5. The third-order valence-corrected chi connectivity index (χ3v) is 4.38. The van der Waals surface area contributed by atoms with Gasteiger partial charge in [-0.25, -0.2) is 0 Å². The standard InChI is InChI=1S/C21H24N2O4/c1-3-4-12-26-17-8-5-15(6-9-17)20(24)22-16-7-10-19-18(14-16)21(25)23(2)11-13-27-19/h5-10,14H,3-4,11-13H2,1-2H3,(H,22,24). The Balaban J connectivity index is 1.69. The highest BCUT2D eigenvalue weighted by Crippen LogP contribution is 2.26. The molecule has 0 radical (unpaired) electrons. The molecule has 0 bridgehead atoms. The number of unbranched alkanes of at least 4 members (excludes halogenated alkanes) is 1. The first-order chi connectivity index (χ1) is 13.1. The molecule has 6 heteroatoms. The molecule has 0 saturated heterocycles. The van der Waals surface area contributed by atoms with Crippen LogP contribution in [0.4, 0.5) is 5.69 Å². The molecule has 3 rings (SSSR count). The fraction of sp³-hybridized carbons (Fsp3) is 0.333. The van der Waals surface area contributed by atoms with Gasteiger partial charge in [0.05, 0.1) is 18.7 Å². The van der Waals surface area contributed by atoms with Crippen LogP contribution in [0.5, 0.6) is 11.5 Å². The highest BCUT2D eigenvalue weighted by atomic mass is 16.5. The first-order valence-electron chi connectivity index (χ1n) is 9.15. The average molecular weight is 368 g/mol. The number of amides is 2.